The van der Waals surface area contributed by atoms with Gasteiger partial charge >= 0.3 is 12.1 Å². The zero-order valence-electron chi connectivity index (χ0n) is 23.5. The van der Waals surface area contributed by atoms with Gasteiger partial charge in [-0.05, 0) is 71.1 Å². The number of carbonyl (C=O) groups is 3. The van der Waals surface area contributed by atoms with Crippen LogP contribution in [0.25, 0.3) is 0 Å². The number of Topliss-reactive ketones (excluding diaryl/α,β-unsaturated/α-hetero) is 1. The van der Waals surface area contributed by atoms with Crippen LogP contribution < -0.4 is 16.0 Å². The Balaban J connectivity index is 1.76. The van der Waals surface area contributed by atoms with E-state index >= 15 is 0 Å². The molecular weight excluding hydrogens is 468 g/mol. The molecule has 1 fully saturated rings. The first-order chi connectivity index (χ1) is 17.6. The summed E-state index contributed by atoms with van der Waals surface area (Å²) in [6, 6.07) is 7.69. The van der Waals surface area contributed by atoms with Crippen LogP contribution in [-0.2, 0) is 16.0 Å². The van der Waals surface area contributed by atoms with E-state index in [0.29, 0.717) is 32.5 Å². The molecule has 1 aromatic rings. The Labute approximate surface area is 223 Å². The first-order valence-corrected chi connectivity index (χ1v) is 14.0. The lowest BCUT2D eigenvalue weighted by molar-refractivity contribution is -0.122. The lowest BCUT2D eigenvalue weighted by Crippen LogP contribution is -2.55. The second-order valence-corrected chi connectivity index (χ2v) is 11.1. The molecule has 2 unspecified atom stereocenters. The van der Waals surface area contributed by atoms with E-state index in [1.165, 1.54) is 25.7 Å². The highest BCUT2D eigenvalue weighted by atomic mass is 16.6. The average molecular weight is 517 g/mol. The number of rotatable bonds is 13. The number of nitrogens with one attached hydrogen (secondary N) is 3. The zero-order valence-corrected chi connectivity index (χ0v) is 23.5. The Kier molecular flexibility index (Phi) is 12.7. The first-order valence-electron chi connectivity index (χ1n) is 14.0. The minimum atomic E-state index is -0.508. The third kappa shape index (κ3) is 11.9. The summed E-state index contributed by atoms with van der Waals surface area (Å²) in [7, 11) is 0. The third-order valence-corrected chi connectivity index (χ3v) is 6.55. The molecule has 8 heteroatoms. The second-order valence-electron chi connectivity index (χ2n) is 11.1. The van der Waals surface area contributed by atoms with Gasteiger partial charge in [-0.15, -0.1) is 0 Å². The molecule has 0 bridgehead atoms. The molecule has 0 radical (unpaired) electrons. The summed E-state index contributed by atoms with van der Waals surface area (Å²) in [5.74, 6) is 0.0223. The fraction of sp³-hybridized carbons (Fsp3) is 0.690. The van der Waals surface area contributed by atoms with Crippen LogP contribution >= 0.6 is 0 Å². The van der Waals surface area contributed by atoms with Gasteiger partial charge in [-0.1, -0.05) is 51.2 Å². The summed E-state index contributed by atoms with van der Waals surface area (Å²) in [4.78, 5) is 38.6. The lowest BCUT2D eigenvalue weighted by Gasteiger charge is -2.38. The summed E-state index contributed by atoms with van der Waals surface area (Å²) in [6.07, 6.45) is 8.75. The summed E-state index contributed by atoms with van der Waals surface area (Å²) in [5.41, 5.74) is 1.59. The predicted octanol–water partition coefficient (Wildman–Crippen LogP) is 5.66. The van der Waals surface area contributed by atoms with Crippen molar-refractivity contribution in [2.24, 2.45) is 0 Å². The average Bonchev–Trinajstić information content (AvgIpc) is 2.83. The maximum Gasteiger partial charge on any atom is 0.407 e. The Hall–Kier alpha value is -2.77. The highest BCUT2D eigenvalue weighted by Crippen LogP contribution is 2.23. The number of likely N-dealkylation sites (tertiary alicyclic amines) is 1. The SMILES string of the molecule is CCCCCCCCNC(=O)N1CCC(Nc2ccc(CCNC(=O)OC(C)(C)C)cc2)CC1C(C)=O. The summed E-state index contributed by atoms with van der Waals surface area (Å²) in [5, 5.41) is 9.32. The third-order valence-electron chi connectivity index (χ3n) is 6.55. The number of hydrogen-bond acceptors (Lipinski definition) is 5. The standard InChI is InChI=1S/C29H48N4O4/c1-6-7-8-9-10-11-18-30-27(35)33-20-17-25(21-26(33)22(2)34)32-24-14-12-23(13-15-24)16-19-31-28(36)37-29(3,4)5/h12-15,25-26,32H,6-11,16-21H2,1-5H3,(H,30,35)(H,31,36). The van der Waals surface area contributed by atoms with E-state index in [1.54, 1.807) is 11.8 Å². The largest absolute Gasteiger partial charge is 0.444 e. The highest BCUT2D eigenvalue weighted by molar-refractivity contribution is 5.87. The fourth-order valence-electron chi connectivity index (χ4n) is 4.55. The molecule has 0 spiro atoms. The first kappa shape index (κ1) is 30.5. The Morgan fingerprint density at radius 3 is 2.30 bits per heavy atom. The van der Waals surface area contributed by atoms with Gasteiger partial charge in [0.05, 0.1) is 6.04 Å². The van der Waals surface area contributed by atoms with Crippen LogP contribution in [-0.4, -0.2) is 60.1 Å². The molecule has 1 aliphatic rings. The molecule has 1 aliphatic heterocycles. The van der Waals surface area contributed by atoms with Crippen LogP contribution in [0.5, 0.6) is 0 Å². The van der Waals surface area contributed by atoms with Crippen molar-refractivity contribution >= 4 is 23.6 Å². The van der Waals surface area contributed by atoms with E-state index < -0.39 is 17.7 Å². The molecule has 2 atom stereocenters. The number of ketones is 1. The van der Waals surface area contributed by atoms with Crippen molar-refractivity contribution in [2.75, 3.05) is 25.0 Å². The quantitative estimate of drug-likeness (QED) is 0.294. The normalized spacial score (nSPS) is 17.7. The monoisotopic (exact) mass is 516 g/mol. The number of unbranched alkanes of at least 4 members (excludes halogenated alkanes) is 5. The van der Waals surface area contributed by atoms with E-state index in [9.17, 15) is 14.4 Å². The van der Waals surface area contributed by atoms with Gasteiger partial charge in [0.2, 0.25) is 0 Å². The van der Waals surface area contributed by atoms with Gasteiger partial charge in [-0.2, -0.15) is 0 Å². The smallest absolute Gasteiger partial charge is 0.407 e. The van der Waals surface area contributed by atoms with E-state index in [-0.39, 0.29) is 17.9 Å². The molecule has 1 saturated heterocycles. The van der Waals surface area contributed by atoms with Gasteiger partial charge in [0.15, 0.2) is 5.78 Å². The number of ether oxygens (including phenoxy) is 1. The fourth-order valence-corrected chi connectivity index (χ4v) is 4.55. The molecular formula is C29H48N4O4. The van der Waals surface area contributed by atoms with Gasteiger partial charge < -0.3 is 25.6 Å². The predicted molar refractivity (Wildman–Crippen MR) is 149 cm³/mol. The van der Waals surface area contributed by atoms with Crippen LogP contribution in [0.2, 0.25) is 0 Å². The van der Waals surface area contributed by atoms with Crippen molar-refractivity contribution in [3.8, 4) is 0 Å². The van der Waals surface area contributed by atoms with Gasteiger partial charge in [-0.25, -0.2) is 9.59 Å². The molecule has 0 aliphatic carbocycles. The molecule has 1 aromatic carbocycles. The van der Waals surface area contributed by atoms with Crippen LogP contribution in [0.15, 0.2) is 24.3 Å². The molecule has 208 valence electrons. The molecule has 2 rings (SSSR count). The molecule has 3 N–H and O–H groups in total. The van der Waals surface area contributed by atoms with E-state index in [2.05, 4.69) is 22.9 Å². The number of carbonyl (C=O) groups excluding carboxylic acids is 3. The van der Waals surface area contributed by atoms with Gasteiger partial charge in [0.25, 0.3) is 0 Å². The molecule has 3 amide bonds. The minimum Gasteiger partial charge on any atom is -0.444 e. The number of piperidine rings is 1. The number of amides is 3. The zero-order chi connectivity index (χ0) is 27.3. The van der Waals surface area contributed by atoms with E-state index in [4.69, 9.17) is 4.74 Å². The summed E-state index contributed by atoms with van der Waals surface area (Å²) < 4.78 is 5.26. The lowest BCUT2D eigenvalue weighted by atomic mass is 9.94. The molecule has 1 heterocycles. The van der Waals surface area contributed by atoms with Crippen molar-refractivity contribution in [3.63, 3.8) is 0 Å². The number of nitrogens with zero attached hydrogens (tertiary/aromatic N) is 1. The Bertz CT molecular complexity index is 850. The number of benzene rings is 1. The number of alkyl carbamates (subject to hydrolysis) is 1. The van der Waals surface area contributed by atoms with E-state index in [0.717, 1.165) is 30.5 Å². The number of urea groups is 1. The van der Waals surface area contributed by atoms with Crippen LogP contribution in [0.4, 0.5) is 15.3 Å². The molecule has 8 nitrogen and oxygen atoms in total. The highest BCUT2D eigenvalue weighted by Gasteiger charge is 2.34. The molecule has 0 saturated carbocycles. The van der Waals surface area contributed by atoms with E-state index in [1.807, 2.05) is 45.0 Å². The van der Waals surface area contributed by atoms with Gasteiger partial charge in [0, 0.05) is 31.4 Å². The van der Waals surface area contributed by atoms with Crippen molar-refractivity contribution in [3.05, 3.63) is 29.8 Å². The van der Waals surface area contributed by atoms with Crippen LogP contribution in [0.1, 0.15) is 91.5 Å². The van der Waals surface area contributed by atoms with Crippen molar-refractivity contribution in [2.45, 2.75) is 110 Å². The van der Waals surface area contributed by atoms with Gasteiger partial charge in [-0.3, -0.25) is 4.79 Å². The molecule has 37 heavy (non-hydrogen) atoms. The maximum absolute atomic E-state index is 12.8. The number of hydrogen-bond donors (Lipinski definition) is 3. The Morgan fingerprint density at radius 2 is 1.65 bits per heavy atom. The summed E-state index contributed by atoms with van der Waals surface area (Å²) in [6.45, 7) is 11.0. The van der Waals surface area contributed by atoms with Gasteiger partial charge in [0.1, 0.15) is 5.60 Å². The van der Waals surface area contributed by atoms with Crippen LogP contribution in [0.3, 0.4) is 0 Å². The topological polar surface area (TPSA) is 99.8 Å². The van der Waals surface area contributed by atoms with Crippen molar-refractivity contribution < 1.29 is 19.1 Å². The summed E-state index contributed by atoms with van der Waals surface area (Å²) >= 11 is 0. The van der Waals surface area contributed by atoms with Crippen molar-refractivity contribution in [1.29, 1.82) is 0 Å². The molecule has 0 aromatic heterocycles. The minimum absolute atomic E-state index is 0.0223. The second kappa shape index (κ2) is 15.5. The Morgan fingerprint density at radius 1 is 0.973 bits per heavy atom. The van der Waals surface area contributed by atoms with Crippen LogP contribution in [0, 0.1) is 0 Å². The maximum atomic E-state index is 12.8. The number of anilines is 1. The van der Waals surface area contributed by atoms with Crippen molar-refractivity contribution in [1.82, 2.24) is 15.5 Å².